The minimum Gasteiger partial charge on any atom is -0.272 e. The van der Waals surface area contributed by atoms with Crippen LogP contribution in [0.2, 0.25) is 0 Å². The lowest BCUT2D eigenvalue weighted by atomic mass is 10.1. The number of aryl methyl sites for hydroxylation is 2. The van der Waals surface area contributed by atoms with Gasteiger partial charge in [-0.25, -0.2) is 5.43 Å². The van der Waals surface area contributed by atoms with Crippen molar-refractivity contribution < 1.29 is 4.79 Å². The fourth-order valence-corrected chi connectivity index (χ4v) is 2.82. The van der Waals surface area contributed by atoms with Crippen molar-refractivity contribution in [2.45, 2.75) is 19.6 Å². The van der Waals surface area contributed by atoms with Crippen LogP contribution < -0.4 is 5.43 Å². The van der Waals surface area contributed by atoms with E-state index in [2.05, 4.69) is 47.6 Å². The molecule has 0 unspecified atom stereocenters. The molecule has 0 spiro atoms. The first-order valence-electron chi connectivity index (χ1n) is 7.01. The number of thioether (sulfide) groups is 1. The number of nitrogens with one attached hydrogen (secondary N) is 1. The summed E-state index contributed by atoms with van der Waals surface area (Å²) < 4.78 is 0. The summed E-state index contributed by atoms with van der Waals surface area (Å²) in [5.41, 5.74) is 6.97. The predicted octanol–water partition coefficient (Wildman–Crippen LogP) is 3.08. The first kappa shape index (κ1) is 16.2. The number of carbonyl (C=O) groups excluding carboxylic acids is 1. The van der Waals surface area contributed by atoms with Gasteiger partial charge in [-0.1, -0.05) is 35.4 Å². The van der Waals surface area contributed by atoms with Gasteiger partial charge < -0.3 is 0 Å². The molecule has 1 N–H and O–H groups in total. The third kappa shape index (κ3) is 5.69. The number of carbonyl (C=O) groups is 1. The van der Waals surface area contributed by atoms with Crippen molar-refractivity contribution in [1.29, 1.82) is 0 Å². The van der Waals surface area contributed by atoms with Gasteiger partial charge >= 0.3 is 0 Å². The van der Waals surface area contributed by atoms with Gasteiger partial charge in [0.05, 0.1) is 17.7 Å². The number of amides is 1. The van der Waals surface area contributed by atoms with E-state index in [1.165, 1.54) is 22.9 Å². The lowest BCUT2D eigenvalue weighted by Gasteiger charge is -2.04. The largest absolute Gasteiger partial charge is 0.272 e. The molecule has 2 aromatic rings. The van der Waals surface area contributed by atoms with Crippen LogP contribution in [-0.2, 0) is 10.5 Å². The molecule has 1 aromatic heterocycles. The number of hydrogen-bond acceptors (Lipinski definition) is 4. The topological polar surface area (TPSA) is 54.4 Å². The molecule has 0 radical (unpaired) electrons. The Labute approximate surface area is 135 Å². The van der Waals surface area contributed by atoms with Crippen molar-refractivity contribution >= 4 is 23.9 Å². The van der Waals surface area contributed by atoms with Crippen molar-refractivity contribution in [3.63, 3.8) is 0 Å². The van der Waals surface area contributed by atoms with Gasteiger partial charge in [0.1, 0.15) is 0 Å². The summed E-state index contributed by atoms with van der Waals surface area (Å²) in [4.78, 5) is 15.8. The number of pyridine rings is 1. The molecule has 0 fully saturated rings. The lowest BCUT2D eigenvalue weighted by molar-refractivity contribution is -0.118. The first-order chi connectivity index (χ1) is 10.6. The summed E-state index contributed by atoms with van der Waals surface area (Å²) in [6.45, 7) is 4.17. The van der Waals surface area contributed by atoms with Gasteiger partial charge in [-0.15, -0.1) is 11.8 Å². The van der Waals surface area contributed by atoms with Crippen molar-refractivity contribution in [3.05, 3.63) is 65.0 Å². The molecule has 1 amide bonds. The van der Waals surface area contributed by atoms with Crippen LogP contribution in [0.15, 0.2) is 47.7 Å². The van der Waals surface area contributed by atoms with Gasteiger partial charge in [-0.2, -0.15) is 5.10 Å². The van der Waals surface area contributed by atoms with Gasteiger partial charge in [-0.05, 0) is 31.5 Å². The Bertz CT molecular complexity index is 636. The summed E-state index contributed by atoms with van der Waals surface area (Å²) in [6.07, 6.45) is 3.22. The second kappa shape index (κ2) is 8.34. The third-order valence-corrected chi connectivity index (χ3v) is 3.86. The maximum Gasteiger partial charge on any atom is 0.250 e. The highest BCUT2D eigenvalue weighted by Gasteiger charge is 2.01. The van der Waals surface area contributed by atoms with Crippen LogP contribution in [-0.4, -0.2) is 22.9 Å². The fraction of sp³-hybridized carbons (Fsp3) is 0.235. The molecule has 114 valence electrons. The van der Waals surface area contributed by atoms with Crippen LogP contribution in [0.25, 0.3) is 0 Å². The Kier molecular flexibility index (Phi) is 6.15. The minimum absolute atomic E-state index is 0.110. The van der Waals surface area contributed by atoms with E-state index in [0.717, 1.165) is 5.75 Å². The van der Waals surface area contributed by atoms with Gasteiger partial charge in [0.25, 0.3) is 0 Å². The Morgan fingerprint density at radius 1 is 1.27 bits per heavy atom. The SMILES string of the molecule is Cc1cc(C)cc(CSCC(=O)N/N=C\c2ccccn2)c1. The average molecular weight is 313 g/mol. The molecular weight excluding hydrogens is 294 g/mol. The van der Waals surface area contributed by atoms with E-state index in [1.54, 1.807) is 18.0 Å². The maximum absolute atomic E-state index is 11.7. The second-order valence-corrected chi connectivity index (χ2v) is 6.02. The number of aromatic nitrogens is 1. The van der Waals surface area contributed by atoms with Gasteiger partial charge in [0, 0.05) is 11.9 Å². The van der Waals surface area contributed by atoms with E-state index >= 15 is 0 Å². The second-order valence-electron chi connectivity index (χ2n) is 5.04. The molecule has 1 heterocycles. The smallest absolute Gasteiger partial charge is 0.250 e. The standard InChI is InChI=1S/C17H19N3OS/c1-13-7-14(2)9-15(8-13)11-22-12-17(21)20-19-10-16-5-3-4-6-18-16/h3-10H,11-12H2,1-2H3,(H,20,21)/b19-10-. The molecule has 4 nitrogen and oxygen atoms in total. The maximum atomic E-state index is 11.7. The van der Waals surface area contributed by atoms with Crippen LogP contribution in [0.5, 0.6) is 0 Å². The van der Waals surface area contributed by atoms with E-state index in [0.29, 0.717) is 11.4 Å². The van der Waals surface area contributed by atoms with E-state index in [-0.39, 0.29) is 5.91 Å². The molecule has 5 heteroatoms. The number of hydrogen-bond donors (Lipinski definition) is 1. The quantitative estimate of drug-likeness (QED) is 0.658. The van der Waals surface area contributed by atoms with Crippen molar-refractivity contribution in [1.82, 2.24) is 10.4 Å². The summed E-state index contributed by atoms with van der Waals surface area (Å²) >= 11 is 1.58. The lowest BCUT2D eigenvalue weighted by Crippen LogP contribution is -2.19. The molecule has 22 heavy (non-hydrogen) atoms. The molecule has 1 aromatic carbocycles. The molecular formula is C17H19N3OS. The molecule has 2 rings (SSSR count). The normalized spacial score (nSPS) is 10.8. The zero-order valence-corrected chi connectivity index (χ0v) is 13.6. The predicted molar refractivity (Wildman–Crippen MR) is 92.1 cm³/mol. The van der Waals surface area contributed by atoms with Crippen molar-refractivity contribution in [2.24, 2.45) is 5.10 Å². The summed E-state index contributed by atoms with van der Waals surface area (Å²) in [7, 11) is 0. The monoisotopic (exact) mass is 313 g/mol. The fourth-order valence-electron chi connectivity index (χ4n) is 2.07. The molecule has 0 aliphatic carbocycles. The number of hydrazone groups is 1. The average Bonchev–Trinajstić information content (AvgIpc) is 2.47. The van der Waals surface area contributed by atoms with Crippen molar-refractivity contribution in [2.75, 3.05) is 5.75 Å². The Morgan fingerprint density at radius 3 is 2.73 bits per heavy atom. The summed E-state index contributed by atoms with van der Waals surface area (Å²) in [6, 6.07) is 12.0. The van der Waals surface area contributed by atoms with E-state index < -0.39 is 0 Å². The van der Waals surface area contributed by atoms with E-state index in [4.69, 9.17) is 0 Å². The Morgan fingerprint density at radius 2 is 2.05 bits per heavy atom. The number of nitrogens with zero attached hydrogens (tertiary/aromatic N) is 2. The highest BCUT2D eigenvalue weighted by Crippen LogP contribution is 2.15. The molecule has 0 atom stereocenters. The van der Waals surface area contributed by atoms with Crippen LogP contribution in [0.3, 0.4) is 0 Å². The molecule has 0 bridgehead atoms. The minimum atomic E-state index is -0.110. The van der Waals surface area contributed by atoms with Gasteiger partial charge in [-0.3, -0.25) is 9.78 Å². The third-order valence-electron chi connectivity index (χ3n) is 2.86. The zero-order chi connectivity index (χ0) is 15.8. The number of benzene rings is 1. The van der Waals surface area contributed by atoms with Crippen LogP contribution in [0, 0.1) is 13.8 Å². The van der Waals surface area contributed by atoms with Crippen molar-refractivity contribution in [3.8, 4) is 0 Å². The van der Waals surface area contributed by atoms with Crippen LogP contribution in [0.4, 0.5) is 0 Å². The summed E-state index contributed by atoms with van der Waals surface area (Å²) in [5, 5.41) is 3.90. The Hall–Kier alpha value is -2.14. The highest BCUT2D eigenvalue weighted by molar-refractivity contribution is 7.99. The number of rotatable bonds is 6. The first-order valence-corrected chi connectivity index (χ1v) is 8.17. The van der Waals surface area contributed by atoms with E-state index in [1.807, 2.05) is 18.2 Å². The molecule has 0 saturated heterocycles. The Balaban J connectivity index is 1.73. The highest BCUT2D eigenvalue weighted by atomic mass is 32.2. The van der Waals surface area contributed by atoms with Crippen LogP contribution in [0.1, 0.15) is 22.4 Å². The molecule has 0 aliphatic rings. The van der Waals surface area contributed by atoms with E-state index in [9.17, 15) is 4.79 Å². The zero-order valence-electron chi connectivity index (χ0n) is 12.7. The molecule has 0 aliphatic heterocycles. The summed E-state index contributed by atoms with van der Waals surface area (Å²) in [5.74, 6) is 1.09. The molecule has 0 saturated carbocycles. The van der Waals surface area contributed by atoms with Crippen LogP contribution >= 0.6 is 11.8 Å². The van der Waals surface area contributed by atoms with Gasteiger partial charge in [0.2, 0.25) is 5.91 Å². The van der Waals surface area contributed by atoms with Gasteiger partial charge in [0.15, 0.2) is 0 Å².